The molecule has 1 fully saturated rings. The molecular weight excluding hydrogens is 211 g/mol. The van der Waals surface area contributed by atoms with Crippen LogP contribution in [-0.2, 0) is 0 Å². The van der Waals surface area contributed by atoms with Crippen LogP contribution in [0, 0.1) is 5.41 Å². The molecule has 0 N–H and O–H groups in total. The van der Waals surface area contributed by atoms with E-state index in [1.807, 2.05) is 0 Å². The lowest BCUT2D eigenvalue weighted by molar-refractivity contribution is 0.312. The van der Waals surface area contributed by atoms with Crippen LogP contribution in [0.15, 0.2) is 23.3 Å². The van der Waals surface area contributed by atoms with Crippen LogP contribution in [0.2, 0.25) is 0 Å². The van der Waals surface area contributed by atoms with Gasteiger partial charge in [-0.05, 0) is 32.2 Å². The smallest absolute Gasteiger partial charge is 0.00644 e. The first kappa shape index (κ1) is 12.4. The van der Waals surface area contributed by atoms with E-state index in [-0.39, 0.29) is 0 Å². The number of hydrogen-bond acceptors (Lipinski definition) is 0. The molecule has 1 heteroatoms. The summed E-state index contributed by atoms with van der Waals surface area (Å²) in [6, 6.07) is 0. The highest BCUT2D eigenvalue weighted by molar-refractivity contribution is 7.47. The van der Waals surface area contributed by atoms with Crippen LogP contribution < -0.4 is 0 Å². The SMILES string of the molecule is CC1(C2=CC=C[P]2)CCCCCCCCC1. The minimum Gasteiger partial charge on any atom is -0.0608 e. The minimum atomic E-state index is 0.502. The number of rotatable bonds is 1. The molecule has 1 radical (unpaired) electrons. The monoisotopic (exact) mass is 235 g/mol. The molecule has 1 aliphatic heterocycles. The van der Waals surface area contributed by atoms with Gasteiger partial charge in [0.15, 0.2) is 0 Å². The van der Waals surface area contributed by atoms with Gasteiger partial charge in [-0.1, -0.05) is 69.8 Å². The van der Waals surface area contributed by atoms with Crippen molar-refractivity contribution in [1.82, 2.24) is 0 Å². The van der Waals surface area contributed by atoms with E-state index in [0.29, 0.717) is 5.41 Å². The molecule has 1 heterocycles. The topological polar surface area (TPSA) is 0 Å². The summed E-state index contributed by atoms with van der Waals surface area (Å²) in [4.78, 5) is 0. The summed E-state index contributed by atoms with van der Waals surface area (Å²) in [6.07, 6.45) is 17.6. The zero-order valence-corrected chi connectivity index (χ0v) is 11.4. The summed E-state index contributed by atoms with van der Waals surface area (Å²) >= 11 is 0. The molecule has 0 bridgehead atoms. The normalized spacial score (nSPS) is 27.9. The molecule has 0 amide bonds. The highest BCUT2D eigenvalue weighted by Gasteiger charge is 2.28. The van der Waals surface area contributed by atoms with Crippen molar-refractivity contribution >= 4 is 8.58 Å². The predicted molar refractivity (Wildman–Crippen MR) is 73.8 cm³/mol. The maximum absolute atomic E-state index is 2.50. The number of allylic oxidation sites excluding steroid dienone is 3. The van der Waals surface area contributed by atoms with E-state index in [2.05, 4.69) is 24.9 Å². The Morgan fingerprint density at radius 1 is 0.938 bits per heavy atom. The van der Waals surface area contributed by atoms with Gasteiger partial charge >= 0.3 is 0 Å². The van der Waals surface area contributed by atoms with E-state index in [4.69, 9.17) is 0 Å². The van der Waals surface area contributed by atoms with Crippen LogP contribution in [0.5, 0.6) is 0 Å². The van der Waals surface area contributed by atoms with Crippen molar-refractivity contribution in [3.63, 3.8) is 0 Å². The van der Waals surface area contributed by atoms with E-state index in [1.165, 1.54) is 66.4 Å². The molecule has 1 aliphatic carbocycles. The quantitative estimate of drug-likeness (QED) is 0.498. The molecule has 16 heavy (non-hydrogen) atoms. The standard InChI is InChI=1S/C15H24P/c1-15(14-10-9-13-16-14)11-7-5-3-2-4-6-8-12-15/h9-10,13H,2-8,11-12H2,1H3. The molecule has 0 saturated heterocycles. The molecular formula is C15H24P. The van der Waals surface area contributed by atoms with Crippen molar-refractivity contribution in [1.29, 1.82) is 0 Å². The Kier molecular flexibility index (Phi) is 4.65. The third kappa shape index (κ3) is 3.20. The molecule has 0 aromatic carbocycles. The summed E-state index contributed by atoms with van der Waals surface area (Å²) in [5.74, 6) is 2.29. The first-order valence-corrected chi connectivity index (χ1v) is 7.86. The third-order valence-electron chi connectivity index (χ3n) is 4.13. The molecule has 2 aliphatic rings. The van der Waals surface area contributed by atoms with Gasteiger partial charge in [0.1, 0.15) is 0 Å². The molecule has 0 aromatic rings. The highest BCUT2D eigenvalue weighted by Crippen LogP contribution is 2.49. The van der Waals surface area contributed by atoms with Crippen molar-refractivity contribution < 1.29 is 0 Å². The Morgan fingerprint density at radius 2 is 1.50 bits per heavy atom. The molecule has 0 spiro atoms. The average Bonchev–Trinajstić information content (AvgIpc) is 2.81. The molecule has 0 nitrogen and oxygen atoms in total. The van der Waals surface area contributed by atoms with Gasteiger partial charge < -0.3 is 0 Å². The Balaban J connectivity index is 1.97. The molecule has 0 aromatic heterocycles. The van der Waals surface area contributed by atoms with E-state index in [0.717, 1.165) is 0 Å². The second kappa shape index (κ2) is 6.01. The Hall–Kier alpha value is -0.0900. The van der Waals surface area contributed by atoms with Crippen molar-refractivity contribution in [2.75, 3.05) is 0 Å². The Morgan fingerprint density at radius 3 is 2.00 bits per heavy atom. The average molecular weight is 235 g/mol. The fourth-order valence-corrected chi connectivity index (χ4v) is 3.99. The largest absolute Gasteiger partial charge is 0.0608 e. The van der Waals surface area contributed by atoms with Crippen molar-refractivity contribution in [3.05, 3.63) is 23.3 Å². The summed E-state index contributed by atoms with van der Waals surface area (Å²) in [5.41, 5.74) is 0.502. The van der Waals surface area contributed by atoms with E-state index >= 15 is 0 Å². The van der Waals surface area contributed by atoms with Crippen LogP contribution in [0.1, 0.15) is 64.7 Å². The second-order valence-electron chi connectivity index (χ2n) is 5.56. The first-order valence-electron chi connectivity index (χ1n) is 6.89. The van der Waals surface area contributed by atoms with Gasteiger partial charge in [-0.3, -0.25) is 0 Å². The van der Waals surface area contributed by atoms with Crippen LogP contribution in [-0.4, -0.2) is 0 Å². The van der Waals surface area contributed by atoms with Gasteiger partial charge in [-0.25, -0.2) is 0 Å². The van der Waals surface area contributed by atoms with E-state index < -0.39 is 0 Å². The zero-order valence-electron chi connectivity index (χ0n) is 10.5. The summed E-state index contributed by atoms with van der Waals surface area (Å²) in [5, 5.41) is 1.67. The highest BCUT2D eigenvalue weighted by atomic mass is 31.1. The van der Waals surface area contributed by atoms with Crippen LogP contribution in [0.4, 0.5) is 0 Å². The van der Waals surface area contributed by atoms with Gasteiger partial charge in [-0.2, -0.15) is 0 Å². The lowest BCUT2D eigenvalue weighted by atomic mass is 9.78. The van der Waals surface area contributed by atoms with E-state index in [9.17, 15) is 0 Å². The molecule has 0 atom stereocenters. The fraction of sp³-hybridized carbons (Fsp3) is 0.733. The molecule has 0 unspecified atom stereocenters. The number of hydrogen-bond donors (Lipinski definition) is 0. The molecule has 2 rings (SSSR count). The Bertz CT molecular complexity index is 265. The Labute approximate surface area is 102 Å². The third-order valence-corrected chi connectivity index (χ3v) is 5.42. The minimum absolute atomic E-state index is 0.502. The molecule has 89 valence electrons. The molecule has 1 saturated carbocycles. The van der Waals surface area contributed by atoms with E-state index in [1.54, 1.807) is 5.31 Å². The summed E-state index contributed by atoms with van der Waals surface area (Å²) in [6.45, 7) is 2.50. The van der Waals surface area contributed by atoms with Crippen molar-refractivity contribution in [3.8, 4) is 0 Å². The van der Waals surface area contributed by atoms with Crippen LogP contribution in [0.3, 0.4) is 0 Å². The van der Waals surface area contributed by atoms with Crippen LogP contribution in [0.25, 0.3) is 0 Å². The van der Waals surface area contributed by atoms with Gasteiger partial charge in [0.2, 0.25) is 0 Å². The van der Waals surface area contributed by atoms with Gasteiger partial charge in [0.25, 0.3) is 0 Å². The first-order chi connectivity index (χ1) is 7.81. The van der Waals surface area contributed by atoms with Crippen LogP contribution >= 0.6 is 8.58 Å². The second-order valence-corrected chi connectivity index (χ2v) is 6.60. The van der Waals surface area contributed by atoms with Gasteiger partial charge in [0.05, 0.1) is 0 Å². The lowest BCUT2D eigenvalue weighted by Gasteiger charge is -2.32. The summed E-state index contributed by atoms with van der Waals surface area (Å²) in [7, 11) is 1.46. The summed E-state index contributed by atoms with van der Waals surface area (Å²) < 4.78 is 0. The predicted octanol–water partition coefficient (Wildman–Crippen LogP) is 5.87. The maximum atomic E-state index is 2.50. The van der Waals surface area contributed by atoms with Crippen molar-refractivity contribution in [2.24, 2.45) is 5.41 Å². The van der Waals surface area contributed by atoms with Gasteiger partial charge in [0, 0.05) is 0 Å². The maximum Gasteiger partial charge on any atom is -0.00644 e. The fourth-order valence-electron chi connectivity index (χ4n) is 2.95. The lowest BCUT2D eigenvalue weighted by Crippen LogP contribution is -2.17. The van der Waals surface area contributed by atoms with Crippen molar-refractivity contribution in [2.45, 2.75) is 64.7 Å². The van der Waals surface area contributed by atoms with Gasteiger partial charge in [-0.15, -0.1) is 0 Å². The zero-order chi connectivity index (χ0) is 11.3.